The van der Waals surface area contributed by atoms with Crippen LogP contribution in [-0.2, 0) is 11.3 Å². The van der Waals surface area contributed by atoms with Crippen LogP contribution >= 0.6 is 22.9 Å². The van der Waals surface area contributed by atoms with Crippen LogP contribution in [0.15, 0.2) is 11.4 Å². The topological polar surface area (TPSA) is 41.1 Å². The Bertz CT molecular complexity index is 287. The summed E-state index contributed by atoms with van der Waals surface area (Å²) in [5.41, 5.74) is 0. The van der Waals surface area contributed by atoms with E-state index in [0.29, 0.717) is 13.1 Å². The van der Waals surface area contributed by atoms with Gasteiger partial charge >= 0.3 is 0 Å². The Labute approximate surface area is 86.1 Å². The van der Waals surface area contributed by atoms with Gasteiger partial charge in [0.1, 0.15) is 0 Å². The molecule has 0 aliphatic rings. The number of likely N-dealkylation sites (N-methyl/N-ethyl adjacent to an activating group) is 1. The van der Waals surface area contributed by atoms with Gasteiger partial charge in [0.25, 0.3) is 0 Å². The van der Waals surface area contributed by atoms with E-state index in [1.165, 1.54) is 0 Å². The van der Waals surface area contributed by atoms with E-state index in [9.17, 15) is 4.79 Å². The summed E-state index contributed by atoms with van der Waals surface area (Å²) in [5, 5.41) is 8.16. The highest BCUT2D eigenvalue weighted by atomic mass is 35.5. The van der Waals surface area contributed by atoms with Crippen LogP contribution in [0.4, 0.5) is 0 Å². The van der Waals surface area contributed by atoms with Crippen molar-refractivity contribution in [1.82, 2.24) is 10.6 Å². The zero-order valence-corrected chi connectivity index (χ0v) is 8.84. The zero-order chi connectivity index (χ0) is 9.68. The summed E-state index contributed by atoms with van der Waals surface area (Å²) in [5.74, 6) is -0.0114. The number of halogens is 1. The summed E-state index contributed by atoms with van der Waals surface area (Å²) in [6.07, 6.45) is 0. The number of hydrogen-bond acceptors (Lipinski definition) is 3. The molecule has 72 valence electrons. The Morgan fingerprint density at radius 2 is 2.46 bits per heavy atom. The van der Waals surface area contributed by atoms with E-state index in [0.717, 1.165) is 9.90 Å². The van der Waals surface area contributed by atoms with Gasteiger partial charge in [0.05, 0.1) is 11.6 Å². The van der Waals surface area contributed by atoms with Gasteiger partial charge < -0.3 is 10.6 Å². The maximum Gasteiger partial charge on any atom is 0.233 e. The van der Waals surface area contributed by atoms with Crippen LogP contribution in [0, 0.1) is 0 Å². The molecular weight excluding hydrogens is 208 g/mol. The second kappa shape index (κ2) is 5.21. The van der Waals surface area contributed by atoms with Gasteiger partial charge in [-0.15, -0.1) is 11.3 Å². The van der Waals surface area contributed by atoms with Gasteiger partial charge in [0.15, 0.2) is 0 Å². The SMILES string of the molecule is CNC(=O)CNCc1cc(Cl)cs1. The molecule has 0 saturated heterocycles. The lowest BCUT2D eigenvalue weighted by Gasteiger charge is -2.00. The van der Waals surface area contributed by atoms with Gasteiger partial charge in [-0.3, -0.25) is 4.79 Å². The largest absolute Gasteiger partial charge is 0.358 e. The third-order valence-corrected chi connectivity index (χ3v) is 2.77. The van der Waals surface area contributed by atoms with Gasteiger partial charge in [0, 0.05) is 23.8 Å². The van der Waals surface area contributed by atoms with Crippen molar-refractivity contribution in [2.75, 3.05) is 13.6 Å². The summed E-state index contributed by atoms with van der Waals surface area (Å²) < 4.78 is 0. The first-order chi connectivity index (χ1) is 6.22. The predicted octanol–water partition coefficient (Wildman–Crippen LogP) is 1.24. The van der Waals surface area contributed by atoms with E-state index >= 15 is 0 Å². The molecule has 0 aromatic carbocycles. The standard InChI is InChI=1S/C8H11ClN2OS/c1-10-8(12)4-11-3-7-2-6(9)5-13-7/h2,5,11H,3-4H2,1H3,(H,10,12). The van der Waals surface area contributed by atoms with Crippen molar-refractivity contribution in [3.05, 3.63) is 21.3 Å². The van der Waals surface area contributed by atoms with Crippen molar-refractivity contribution in [1.29, 1.82) is 0 Å². The van der Waals surface area contributed by atoms with E-state index in [-0.39, 0.29) is 5.91 Å². The molecule has 2 N–H and O–H groups in total. The average molecular weight is 219 g/mol. The smallest absolute Gasteiger partial charge is 0.233 e. The minimum absolute atomic E-state index is 0.0114. The normalized spacial score (nSPS) is 10.0. The molecular formula is C8H11ClN2OS. The minimum atomic E-state index is -0.0114. The zero-order valence-electron chi connectivity index (χ0n) is 7.26. The summed E-state index contributed by atoms with van der Waals surface area (Å²) in [4.78, 5) is 11.9. The van der Waals surface area contributed by atoms with Crippen LogP contribution in [-0.4, -0.2) is 19.5 Å². The third-order valence-electron chi connectivity index (χ3n) is 1.49. The van der Waals surface area contributed by atoms with Crippen LogP contribution in [0.3, 0.4) is 0 Å². The fraction of sp³-hybridized carbons (Fsp3) is 0.375. The molecule has 0 unspecified atom stereocenters. The number of thiophene rings is 1. The van der Waals surface area contributed by atoms with Crippen LogP contribution in [0.2, 0.25) is 5.02 Å². The van der Waals surface area contributed by atoms with E-state index in [1.54, 1.807) is 18.4 Å². The Hall–Kier alpha value is -0.580. The van der Waals surface area contributed by atoms with Crippen molar-refractivity contribution in [3.63, 3.8) is 0 Å². The molecule has 0 atom stereocenters. The fourth-order valence-electron chi connectivity index (χ4n) is 0.834. The predicted molar refractivity (Wildman–Crippen MR) is 55.1 cm³/mol. The van der Waals surface area contributed by atoms with Gasteiger partial charge in [-0.2, -0.15) is 0 Å². The van der Waals surface area contributed by atoms with Crippen LogP contribution in [0.5, 0.6) is 0 Å². The molecule has 1 aromatic heterocycles. The first-order valence-electron chi connectivity index (χ1n) is 3.86. The molecule has 0 bridgehead atoms. The van der Waals surface area contributed by atoms with Gasteiger partial charge in [-0.1, -0.05) is 11.6 Å². The van der Waals surface area contributed by atoms with Crippen molar-refractivity contribution in [2.45, 2.75) is 6.54 Å². The molecule has 0 aliphatic carbocycles. The number of rotatable bonds is 4. The minimum Gasteiger partial charge on any atom is -0.358 e. The molecule has 0 radical (unpaired) electrons. The summed E-state index contributed by atoms with van der Waals surface area (Å²) >= 11 is 7.32. The highest BCUT2D eigenvalue weighted by Crippen LogP contribution is 2.18. The Kier molecular flexibility index (Phi) is 4.21. The molecule has 1 aromatic rings. The molecule has 13 heavy (non-hydrogen) atoms. The second-order valence-electron chi connectivity index (χ2n) is 2.51. The molecule has 5 heteroatoms. The third kappa shape index (κ3) is 3.76. The quantitative estimate of drug-likeness (QED) is 0.799. The summed E-state index contributed by atoms with van der Waals surface area (Å²) in [6.45, 7) is 1.02. The van der Waals surface area contributed by atoms with Crippen molar-refractivity contribution < 1.29 is 4.79 Å². The lowest BCUT2D eigenvalue weighted by Crippen LogP contribution is -2.30. The first kappa shape index (κ1) is 10.5. The van der Waals surface area contributed by atoms with Crippen molar-refractivity contribution in [3.8, 4) is 0 Å². The molecule has 0 aliphatic heterocycles. The summed E-state index contributed by atoms with van der Waals surface area (Å²) in [7, 11) is 1.62. The van der Waals surface area contributed by atoms with Gasteiger partial charge in [-0.25, -0.2) is 0 Å². The number of amides is 1. The van der Waals surface area contributed by atoms with E-state index in [1.807, 2.05) is 11.4 Å². The highest BCUT2D eigenvalue weighted by molar-refractivity contribution is 7.10. The monoisotopic (exact) mass is 218 g/mol. The molecule has 3 nitrogen and oxygen atoms in total. The lowest BCUT2D eigenvalue weighted by molar-refractivity contribution is -0.119. The van der Waals surface area contributed by atoms with E-state index < -0.39 is 0 Å². The number of carbonyl (C=O) groups is 1. The van der Waals surface area contributed by atoms with E-state index in [2.05, 4.69) is 10.6 Å². The van der Waals surface area contributed by atoms with E-state index in [4.69, 9.17) is 11.6 Å². The van der Waals surface area contributed by atoms with Gasteiger partial charge in [-0.05, 0) is 6.07 Å². The Morgan fingerprint density at radius 3 is 3.00 bits per heavy atom. The fourth-order valence-corrected chi connectivity index (χ4v) is 1.88. The molecule has 1 amide bonds. The average Bonchev–Trinajstić information content (AvgIpc) is 2.51. The molecule has 1 heterocycles. The first-order valence-corrected chi connectivity index (χ1v) is 5.12. The highest BCUT2D eigenvalue weighted by Gasteiger charge is 1.99. The number of hydrogen-bond donors (Lipinski definition) is 2. The number of carbonyl (C=O) groups excluding carboxylic acids is 1. The maximum atomic E-state index is 10.8. The Morgan fingerprint density at radius 1 is 1.69 bits per heavy atom. The van der Waals surface area contributed by atoms with Crippen LogP contribution in [0.25, 0.3) is 0 Å². The van der Waals surface area contributed by atoms with Crippen LogP contribution < -0.4 is 10.6 Å². The molecule has 0 spiro atoms. The number of nitrogens with one attached hydrogen (secondary N) is 2. The Balaban J connectivity index is 2.24. The van der Waals surface area contributed by atoms with Crippen LogP contribution in [0.1, 0.15) is 4.88 Å². The maximum absolute atomic E-state index is 10.8. The summed E-state index contributed by atoms with van der Waals surface area (Å²) in [6, 6.07) is 1.89. The van der Waals surface area contributed by atoms with Crippen molar-refractivity contribution >= 4 is 28.8 Å². The molecule has 0 saturated carbocycles. The second-order valence-corrected chi connectivity index (χ2v) is 3.94. The van der Waals surface area contributed by atoms with Gasteiger partial charge in [0.2, 0.25) is 5.91 Å². The lowest BCUT2D eigenvalue weighted by atomic mass is 10.4. The van der Waals surface area contributed by atoms with Crippen molar-refractivity contribution in [2.24, 2.45) is 0 Å². The molecule has 1 rings (SSSR count). The molecule has 0 fully saturated rings.